The normalized spacial score (nSPS) is 15.8. The smallest absolute Gasteiger partial charge is 0.326 e. The van der Waals surface area contributed by atoms with E-state index >= 15 is 0 Å². The number of urea groups is 1. The van der Waals surface area contributed by atoms with Crippen LogP contribution in [0, 0.1) is 6.92 Å². The summed E-state index contributed by atoms with van der Waals surface area (Å²) in [5.41, 5.74) is 6.48. The largest absolute Gasteiger partial charge is 0.334 e. The molecule has 1 aliphatic rings. The number of anilines is 1. The van der Waals surface area contributed by atoms with Gasteiger partial charge in [-0.3, -0.25) is 4.90 Å². The van der Waals surface area contributed by atoms with Gasteiger partial charge in [-0.15, -0.1) is 11.8 Å². The second-order valence-corrected chi connectivity index (χ2v) is 9.68. The van der Waals surface area contributed by atoms with Crippen molar-refractivity contribution in [2.75, 3.05) is 11.2 Å². The Morgan fingerprint density at radius 3 is 2.47 bits per heavy atom. The molecular formula is C29H28N4O2S. The first-order valence-electron chi connectivity index (χ1n) is 11.9. The quantitative estimate of drug-likeness (QED) is 0.290. The molecule has 2 amide bonds. The number of carbonyl (C=O) groups is 1. The number of carbonyl (C=O) groups excluding carboxylic acids is 1. The lowest BCUT2D eigenvalue weighted by atomic mass is 9.94. The Morgan fingerprint density at radius 1 is 1.03 bits per heavy atom. The topological polar surface area (TPSA) is 71.3 Å². The van der Waals surface area contributed by atoms with E-state index in [-0.39, 0.29) is 6.03 Å². The zero-order valence-electron chi connectivity index (χ0n) is 20.8. The Morgan fingerprint density at radius 2 is 1.78 bits per heavy atom. The number of allylic oxidation sites excluding steroid dienone is 1. The maximum Gasteiger partial charge on any atom is 0.326 e. The minimum absolute atomic E-state index is 0.193. The highest BCUT2D eigenvalue weighted by Gasteiger charge is 2.36. The second kappa shape index (κ2) is 10.0. The molecule has 0 bridgehead atoms. The van der Waals surface area contributed by atoms with Gasteiger partial charge in [0, 0.05) is 16.2 Å². The molecule has 1 N–H and O–H groups in total. The fourth-order valence-electron chi connectivity index (χ4n) is 4.45. The number of nitrogens with zero attached hydrogens (tertiary/aromatic N) is 3. The molecule has 0 radical (unpaired) electrons. The molecular weight excluding hydrogens is 468 g/mol. The maximum atomic E-state index is 13.5. The molecule has 4 aromatic rings. The molecule has 0 saturated heterocycles. The third-order valence-corrected chi connectivity index (χ3v) is 7.22. The number of nitrogens with one attached hydrogen (secondary N) is 1. The summed E-state index contributed by atoms with van der Waals surface area (Å²) < 4.78 is 5.82. The average Bonchev–Trinajstić information content (AvgIpc) is 3.38. The van der Waals surface area contributed by atoms with E-state index in [1.165, 1.54) is 0 Å². The molecule has 1 aliphatic heterocycles. The van der Waals surface area contributed by atoms with Crippen molar-refractivity contribution in [3.05, 3.63) is 101 Å². The van der Waals surface area contributed by atoms with Gasteiger partial charge in [-0.2, -0.15) is 4.98 Å². The first-order valence-corrected chi connectivity index (χ1v) is 13.2. The lowest BCUT2D eigenvalue weighted by Gasteiger charge is -2.35. The van der Waals surface area contributed by atoms with Crippen LogP contribution in [0.1, 0.15) is 42.5 Å². The number of hydrogen-bond acceptors (Lipinski definition) is 5. The van der Waals surface area contributed by atoms with Crippen molar-refractivity contribution in [3.8, 4) is 11.4 Å². The SMILES string of the molecule is CCc1cccc(N2C(=O)NC(c3ccc(SC)cc3)C(c3nc(-c4ccc(C)cc4)no3)=C2C)c1. The van der Waals surface area contributed by atoms with Crippen LogP contribution in [-0.4, -0.2) is 22.4 Å². The highest BCUT2D eigenvalue weighted by Crippen LogP contribution is 2.39. The summed E-state index contributed by atoms with van der Waals surface area (Å²) in [7, 11) is 0. The van der Waals surface area contributed by atoms with E-state index in [4.69, 9.17) is 9.51 Å². The van der Waals surface area contributed by atoms with Gasteiger partial charge in [0.2, 0.25) is 5.82 Å². The number of thioether (sulfide) groups is 1. The molecule has 0 saturated carbocycles. The van der Waals surface area contributed by atoms with Crippen LogP contribution in [0.3, 0.4) is 0 Å². The molecule has 0 spiro atoms. The Balaban J connectivity index is 1.64. The van der Waals surface area contributed by atoms with Crippen LogP contribution in [0.2, 0.25) is 0 Å². The Labute approximate surface area is 215 Å². The molecule has 1 unspecified atom stereocenters. The Hall–Kier alpha value is -3.84. The van der Waals surface area contributed by atoms with E-state index in [1.807, 2.05) is 74.7 Å². The summed E-state index contributed by atoms with van der Waals surface area (Å²) in [6, 6.07) is 23.6. The summed E-state index contributed by atoms with van der Waals surface area (Å²) in [6.07, 6.45) is 2.92. The van der Waals surface area contributed by atoms with Gasteiger partial charge in [-0.25, -0.2) is 4.79 Å². The van der Waals surface area contributed by atoms with E-state index in [0.717, 1.165) is 50.5 Å². The van der Waals surface area contributed by atoms with Gasteiger partial charge in [0.25, 0.3) is 5.89 Å². The number of benzene rings is 3. The van der Waals surface area contributed by atoms with Gasteiger partial charge >= 0.3 is 6.03 Å². The van der Waals surface area contributed by atoms with E-state index in [9.17, 15) is 4.79 Å². The number of rotatable bonds is 6. The fourth-order valence-corrected chi connectivity index (χ4v) is 4.85. The van der Waals surface area contributed by atoms with Gasteiger partial charge < -0.3 is 9.84 Å². The van der Waals surface area contributed by atoms with E-state index < -0.39 is 6.04 Å². The van der Waals surface area contributed by atoms with Crippen molar-refractivity contribution >= 4 is 29.1 Å². The predicted molar refractivity (Wildman–Crippen MR) is 145 cm³/mol. The van der Waals surface area contributed by atoms with E-state index in [1.54, 1.807) is 16.7 Å². The Kier molecular flexibility index (Phi) is 6.65. The summed E-state index contributed by atoms with van der Waals surface area (Å²) in [5, 5.41) is 7.46. The van der Waals surface area contributed by atoms with Crippen molar-refractivity contribution in [2.24, 2.45) is 0 Å². The van der Waals surface area contributed by atoms with Crippen LogP contribution in [0.25, 0.3) is 17.0 Å². The lowest BCUT2D eigenvalue weighted by Crippen LogP contribution is -2.46. The van der Waals surface area contributed by atoms with Crippen LogP contribution in [-0.2, 0) is 6.42 Å². The third kappa shape index (κ3) is 4.54. The highest BCUT2D eigenvalue weighted by molar-refractivity contribution is 7.98. The summed E-state index contributed by atoms with van der Waals surface area (Å²) >= 11 is 1.68. The number of aryl methyl sites for hydroxylation is 2. The summed E-state index contributed by atoms with van der Waals surface area (Å²) in [6.45, 7) is 6.08. The van der Waals surface area contributed by atoms with Gasteiger partial charge in [0.05, 0.1) is 17.3 Å². The molecule has 0 aliphatic carbocycles. The molecule has 2 heterocycles. The maximum absolute atomic E-state index is 13.5. The number of aromatic nitrogens is 2. The lowest BCUT2D eigenvalue weighted by molar-refractivity contribution is 0.244. The van der Waals surface area contributed by atoms with Crippen molar-refractivity contribution in [2.45, 2.75) is 38.1 Å². The minimum Gasteiger partial charge on any atom is -0.334 e. The average molecular weight is 497 g/mol. The van der Waals surface area contributed by atoms with Crippen molar-refractivity contribution < 1.29 is 9.32 Å². The molecule has 36 heavy (non-hydrogen) atoms. The van der Waals surface area contributed by atoms with Gasteiger partial charge in [-0.1, -0.05) is 66.2 Å². The summed E-state index contributed by atoms with van der Waals surface area (Å²) in [4.78, 5) is 21.1. The number of hydrogen-bond donors (Lipinski definition) is 1. The monoisotopic (exact) mass is 496 g/mol. The van der Waals surface area contributed by atoms with E-state index in [2.05, 4.69) is 35.6 Å². The molecule has 7 heteroatoms. The van der Waals surface area contributed by atoms with Crippen LogP contribution in [0.4, 0.5) is 10.5 Å². The van der Waals surface area contributed by atoms with Gasteiger partial charge in [-0.05, 0) is 61.9 Å². The van der Waals surface area contributed by atoms with E-state index in [0.29, 0.717) is 11.7 Å². The van der Waals surface area contributed by atoms with Gasteiger partial charge in [0.15, 0.2) is 0 Å². The first kappa shape index (κ1) is 23.9. The van der Waals surface area contributed by atoms with Crippen LogP contribution in [0.15, 0.2) is 87.9 Å². The number of amides is 2. The molecule has 1 aromatic heterocycles. The zero-order chi connectivity index (χ0) is 25.2. The first-order chi connectivity index (χ1) is 17.5. The minimum atomic E-state index is -0.426. The van der Waals surface area contributed by atoms with Crippen molar-refractivity contribution in [3.63, 3.8) is 0 Å². The third-order valence-electron chi connectivity index (χ3n) is 6.48. The summed E-state index contributed by atoms with van der Waals surface area (Å²) in [5.74, 6) is 0.900. The molecule has 3 aromatic carbocycles. The molecule has 0 fully saturated rings. The molecule has 5 rings (SSSR count). The standard InChI is InChI=1S/C29H28N4O2S/c1-5-20-7-6-8-23(17-20)33-19(3)25(26(30-29(33)34)21-13-15-24(36-4)16-14-21)28-31-27(32-35-28)22-11-9-18(2)10-12-22/h6-17,26H,5H2,1-4H3,(H,30,34). The van der Waals surface area contributed by atoms with Crippen molar-refractivity contribution in [1.82, 2.24) is 15.5 Å². The predicted octanol–water partition coefficient (Wildman–Crippen LogP) is 7.03. The molecule has 6 nitrogen and oxygen atoms in total. The molecule has 182 valence electrons. The molecule has 1 atom stereocenters. The second-order valence-electron chi connectivity index (χ2n) is 8.80. The van der Waals surface area contributed by atoms with Gasteiger partial charge in [0.1, 0.15) is 0 Å². The van der Waals surface area contributed by atoms with Crippen molar-refractivity contribution in [1.29, 1.82) is 0 Å². The Bertz CT molecular complexity index is 1420. The van der Waals surface area contributed by atoms with Crippen LogP contribution in [0.5, 0.6) is 0 Å². The van der Waals surface area contributed by atoms with Crippen LogP contribution < -0.4 is 10.2 Å². The zero-order valence-corrected chi connectivity index (χ0v) is 21.6. The highest BCUT2D eigenvalue weighted by atomic mass is 32.2. The fraction of sp³-hybridized carbons (Fsp3) is 0.207. The van der Waals surface area contributed by atoms with Crippen LogP contribution >= 0.6 is 11.8 Å².